The molecule has 4 aromatic rings. The smallest absolute Gasteiger partial charge is 0.338 e. The maximum atomic E-state index is 13.7. The van der Waals surface area contributed by atoms with E-state index in [9.17, 15) is 9.59 Å². The lowest BCUT2D eigenvalue weighted by Gasteiger charge is -2.25. The van der Waals surface area contributed by atoms with Crippen LogP contribution in [0.25, 0.3) is 6.08 Å². The number of hydrogen-bond donors (Lipinski definition) is 0. The number of aromatic nitrogens is 1. The lowest BCUT2D eigenvalue weighted by molar-refractivity contribution is -0.139. The number of halogens is 1. The molecule has 192 valence electrons. The summed E-state index contributed by atoms with van der Waals surface area (Å²) in [5.74, 6) is 0.222. The normalized spacial score (nSPS) is 15.1. The molecule has 1 aromatic heterocycles. The van der Waals surface area contributed by atoms with Gasteiger partial charge in [-0.05, 0) is 54.8 Å². The highest BCUT2D eigenvalue weighted by atomic mass is 35.5. The van der Waals surface area contributed by atoms with E-state index in [4.69, 9.17) is 21.1 Å². The standard InChI is InChI=1S/C30H25ClN2O4S/c1-3-36-29(35)26-19(2)32-30-33(27(26)23-11-7-8-12-24(23)31)28(34)25(38-30)17-20-13-15-22(16-14-20)37-18-21-9-5-4-6-10-21/h4-17,27H,3,18H2,1-2H3/b25-17-. The van der Waals surface area contributed by atoms with Gasteiger partial charge in [0.2, 0.25) is 0 Å². The van der Waals surface area contributed by atoms with Crippen LogP contribution in [0.15, 0.2) is 99.9 Å². The predicted molar refractivity (Wildman–Crippen MR) is 149 cm³/mol. The van der Waals surface area contributed by atoms with Crippen molar-refractivity contribution in [2.45, 2.75) is 26.5 Å². The van der Waals surface area contributed by atoms with Crippen molar-refractivity contribution in [1.29, 1.82) is 0 Å². The second kappa shape index (κ2) is 11.2. The summed E-state index contributed by atoms with van der Waals surface area (Å²) in [6, 6.07) is 24.0. The Morgan fingerprint density at radius 1 is 1.05 bits per heavy atom. The summed E-state index contributed by atoms with van der Waals surface area (Å²) in [6.45, 7) is 4.18. The second-order valence-electron chi connectivity index (χ2n) is 8.67. The van der Waals surface area contributed by atoms with Crippen LogP contribution in [0.5, 0.6) is 5.75 Å². The number of hydrogen-bond acceptors (Lipinski definition) is 6. The van der Waals surface area contributed by atoms with Crippen LogP contribution in [-0.4, -0.2) is 17.1 Å². The van der Waals surface area contributed by atoms with Crippen molar-refractivity contribution >= 4 is 35.0 Å². The highest BCUT2D eigenvalue weighted by Crippen LogP contribution is 2.34. The average Bonchev–Trinajstić information content (AvgIpc) is 3.22. The van der Waals surface area contributed by atoms with Gasteiger partial charge in [-0.1, -0.05) is 83.6 Å². The van der Waals surface area contributed by atoms with Gasteiger partial charge in [0.05, 0.1) is 22.4 Å². The molecule has 1 atom stereocenters. The van der Waals surface area contributed by atoms with Crippen LogP contribution < -0.4 is 19.6 Å². The Kier molecular flexibility index (Phi) is 7.58. The van der Waals surface area contributed by atoms with Crippen LogP contribution in [0.2, 0.25) is 5.02 Å². The molecule has 0 spiro atoms. The van der Waals surface area contributed by atoms with Crippen LogP contribution in [-0.2, 0) is 16.1 Å². The number of esters is 1. The van der Waals surface area contributed by atoms with E-state index in [1.54, 1.807) is 19.9 Å². The summed E-state index contributed by atoms with van der Waals surface area (Å²) in [7, 11) is 0. The van der Waals surface area contributed by atoms with Crippen molar-refractivity contribution in [3.8, 4) is 5.75 Å². The van der Waals surface area contributed by atoms with Gasteiger partial charge >= 0.3 is 5.97 Å². The number of ether oxygens (including phenoxy) is 2. The molecule has 38 heavy (non-hydrogen) atoms. The van der Waals surface area contributed by atoms with Crippen molar-refractivity contribution in [2.75, 3.05) is 6.61 Å². The minimum atomic E-state index is -0.741. The van der Waals surface area contributed by atoms with E-state index in [2.05, 4.69) is 4.99 Å². The summed E-state index contributed by atoms with van der Waals surface area (Å²) < 4.78 is 13.2. The van der Waals surface area contributed by atoms with Gasteiger partial charge in [-0.25, -0.2) is 9.79 Å². The minimum Gasteiger partial charge on any atom is -0.489 e. The van der Waals surface area contributed by atoms with Crippen molar-refractivity contribution in [2.24, 2.45) is 4.99 Å². The van der Waals surface area contributed by atoms with Gasteiger partial charge in [-0.2, -0.15) is 0 Å². The number of benzene rings is 3. The number of fused-ring (bicyclic) bond motifs is 1. The van der Waals surface area contributed by atoms with Crippen LogP contribution in [0.4, 0.5) is 0 Å². The van der Waals surface area contributed by atoms with E-state index in [1.165, 1.54) is 15.9 Å². The molecule has 0 saturated carbocycles. The van der Waals surface area contributed by atoms with Gasteiger partial charge in [0.25, 0.3) is 5.56 Å². The van der Waals surface area contributed by atoms with Crippen LogP contribution in [0.3, 0.4) is 0 Å². The van der Waals surface area contributed by atoms with Gasteiger partial charge in [0, 0.05) is 5.02 Å². The Morgan fingerprint density at radius 3 is 2.47 bits per heavy atom. The first-order valence-electron chi connectivity index (χ1n) is 12.2. The average molecular weight is 545 g/mol. The fourth-order valence-electron chi connectivity index (χ4n) is 4.34. The molecule has 1 aliphatic heterocycles. The molecule has 0 amide bonds. The molecule has 5 rings (SSSR count). The zero-order valence-corrected chi connectivity index (χ0v) is 22.5. The van der Waals surface area contributed by atoms with Crippen molar-refractivity contribution in [1.82, 2.24) is 4.57 Å². The highest BCUT2D eigenvalue weighted by molar-refractivity contribution is 7.07. The van der Waals surface area contributed by atoms with Crippen molar-refractivity contribution < 1.29 is 14.3 Å². The number of rotatable bonds is 7. The molecule has 0 bridgehead atoms. The first kappa shape index (κ1) is 25.7. The fourth-order valence-corrected chi connectivity index (χ4v) is 5.62. The Hall–Kier alpha value is -3.94. The molecular weight excluding hydrogens is 520 g/mol. The first-order valence-corrected chi connectivity index (χ1v) is 13.4. The minimum absolute atomic E-state index is 0.209. The third-order valence-electron chi connectivity index (χ3n) is 6.14. The van der Waals surface area contributed by atoms with Crippen molar-refractivity contribution in [3.63, 3.8) is 0 Å². The van der Waals surface area contributed by atoms with Crippen LogP contribution in [0, 0.1) is 0 Å². The summed E-state index contributed by atoms with van der Waals surface area (Å²) in [6.07, 6.45) is 1.82. The molecule has 0 radical (unpaired) electrons. The molecule has 0 N–H and O–H groups in total. The topological polar surface area (TPSA) is 69.9 Å². The quantitative estimate of drug-likeness (QED) is 0.306. The van der Waals surface area contributed by atoms with Crippen LogP contribution >= 0.6 is 22.9 Å². The van der Waals surface area contributed by atoms with Crippen molar-refractivity contribution in [3.05, 3.63) is 132 Å². The summed E-state index contributed by atoms with van der Waals surface area (Å²) in [5, 5.41) is 0.453. The van der Waals surface area contributed by atoms with Gasteiger partial charge < -0.3 is 9.47 Å². The molecule has 6 nitrogen and oxygen atoms in total. The van der Waals surface area contributed by atoms with E-state index in [0.717, 1.165) is 16.9 Å². The SMILES string of the molecule is CCOC(=O)C1=C(C)N=c2s/c(=C\c3ccc(OCc4ccccc4)cc3)c(=O)n2C1c1ccccc1Cl. The van der Waals surface area contributed by atoms with Gasteiger partial charge in [-0.15, -0.1) is 0 Å². The Labute approximate surface area is 228 Å². The Bertz CT molecular complexity index is 1690. The van der Waals surface area contributed by atoms with Gasteiger partial charge in [0.15, 0.2) is 4.80 Å². The molecular formula is C30H25ClN2O4S. The number of carbonyl (C=O) groups is 1. The van der Waals surface area contributed by atoms with Gasteiger partial charge in [0.1, 0.15) is 18.4 Å². The highest BCUT2D eigenvalue weighted by Gasteiger charge is 2.34. The predicted octanol–water partition coefficient (Wildman–Crippen LogP) is 5.03. The van der Waals surface area contributed by atoms with Crippen LogP contribution in [0.1, 0.15) is 36.6 Å². The zero-order chi connectivity index (χ0) is 26.6. The maximum absolute atomic E-state index is 13.7. The molecule has 2 heterocycles. The monoisotopic (exact) mass is 544 g/mol. The molecule has 0 aliphatic carbocycles. The molecule has 0 fully saturated rings. The first-order chi connectivity index (χ1) is 18.5. The number of allylic oxidation sites excluding steroid dienone is 1. The zero-order valence-electron chi connectivity index (χ0n) is 20.9. The molecule has 0 saturated heterocycles. The number of carbonyl (C=O) groups excluding carboxylic acids is 1. The third-order valence-corrected chi connectivity index (χ3v) is 7.47. The molecule has 1 aliphatic rings. The number of nitrogens with zero attached hydrogens (tertiary/aromatic N) is 2. The largest absolute Gasteiger partial charge is 0.489 e. The molecule has 8 heteroatoms. The summed E-state index contributed by atoms with van der Waals surface area (Å²) in [4.78, 5) is 31.8. The molecule has 3 aromatic carbocycles. The second-order valence-corrected chi connectivity index (χ2v) is 10.1. The summed E-state index contributed by atoms with van der Waals surface area (Å²) >= 11 is 7.82. The fraction of sp³-hybridized carbons (Fsp3) is 0.167. The molecule has 1 unspecified atom stereocenters. The van der Waals surface area contributed by atoms with Gasteiger partial charge in [-0.3, -0.25) is 9.36 Å². The number of thiazole rings is 1. The van der Waals surface area contributed by atoms with E-state index in [1.807, 2.05) is 78.9 Å². The lowest BCUT2D eigenvalue weighted by atomic mass is 9.96. The van der Waals surface area contributed by atoms with E-state index < -0.39 is 12.0 Å². The Balaban J connectivity index is 1.52. The van der Waals surface area contributed by atoms with E-state index in [-0.39, 0.29) is 12.2 Å². The summed E-state index contributed by atoms with van der Waals surface area (Å²) in [5.41, 5.74) is 3.12. The maximum Gasteiger partial charge on any atom is 0.338 e. The van der Waals surface area contributed by atoms with E-state index >= 15 is 0 Å². The van der Waals surface area contributed by atoms with E-state index in [0.29, 0.717) is 37.8 Å². The lowest BCUT2D eigenvalue weighted by Crippen LogP contribution is -2.40. The Morgan fingerprint density at radius 2 is 1.76 bits per heavy atom. The third kappa shape index (κ3) is 5.21.